The van der Waals surface area contributed by atoms with E-state index in [1.54, 1.807) is 12.1 Å². The van der Waals surface area contributed by atoms with Crippen molar-refractivity contribution >= 4 is 39.1 Å². The van der Waals surface area contributed by atoms with Crippen molar-refractivity contribution in [3.63, 3.8) is 0 Å². The molecule has 16 heavy (non-hydrogen) atoms. The van der Waals surface area contributed by atoms with Crippen LogP contribution in [0.5, 0.6) is 0 Å². The molecule has 2 rings (SSSR count). The lowest BCUT2D eigenvalue weighted by Gasteiger charge is -2.17. The van der Waals surface area contributed by atoms with Crippen LogP contribution in [0.4, 0.5) is 10.1 Å². The molecule has 5 heteroatoms. The zero-order valence-corrected chi connectivity index (χ0v) is 10.8. The minimum atomic E-state index is -0.521. The number of carbonyl (C=O) groups is 1. The van der Waals surface area contributed by atoms with E-state index >= 15 is 0 Å². The van der Waals surface area contributed by atoms with E-state index in [4.69, 9.17) is 11.6 Å². The summed E-state index contributed by atoms with van der Waals surface area (Å²) in [6.45, 7) is 0.543. The van der Waals surface area contributed by atoms with Crippen LogP contribution in [-0.4, -0.2) is 17.8 Å². The average molecular weight is 307 g/mol. The third-order valence-corrected chi connectivity index (χ3v) is 3.85. The summed E-state index contributed by atoms with van der Waals surface area (Å²) < 4.78 is 13.7. The first kappa shape index (κ1) is 11.9. The number of anilines is 1. The summed E-state index contributed by atoms with van der Waals surface area (Å²) in [6.07, 6.45) is 0.456. The van der Waals surface area contributed by atoms with Gasteiger partial charge in [0.25, 0.3) is 0 Å². The third-order valence-electron chi connectivity index (χ3n) is 2.65. The first-order valence-corrected chi connectivity index (χ1v) is 6.43. The number of hydrogen-bond donors (Lipinski definition) is 0. The Morgan fingerprint density at radius 3 is 2.94 bits per heavy atom. The van der Waals surface area contributed by atoms with Crippen molar-refractivity contribution in [3.05, 3.63) is 29.0 Å². The Bertz CT molecular complexity index is 426. The number of halogens is 3. The molecule has 1 saturated heterocycles. The molecule has 1 aromatic rings. The summed E-state index contributed by atoms with van der Waals surface area (Å²) in [5, 5.41) is 0.796. The van der Waals surface area contributed by atoms with Crippen LogP contribution in [0.15, 0.2) is 18.2 Å². The summed E-state index contributed by atoms with van der Waals surface area (Å²) in [4.78, 5) is 13.2. The molecule has 1 heterocycles. The lowest BCUT2D eigenvalue weighted by atomic mass is 10.2. The highest BCUT2D eigenvalue weighted by Crippen LogP contribution is 2.31. The molecule has 0 bridgehead atoms. The topological polar surface area (TPSA) is 20.3 Å². The second-order valence-corrected chi connectivity index (χ2v) is 4.86. The maximum Gasteiger partial charge on any atom is 0.227 e. The van der Waals surface area contributed by atoms with Crippen molar-refractivity contribution in [3.8, 4) is 0 Å². The van der Waals surface area contributed by atoms with Crippen molar-refractivity contribution in [1.82, 2.24) is 0 Å². The maximum atomic E-state index is 13.7. The first-order valence-electron chi connectivity index (χ1n) is 4.94. The molecule has 0 saturated carbocycles. The van der Waals surface area contributed by atoms with E-state index in [2.05, 4.69) is 15.9 Å². The predicted molar refractivity (Wildman–Crippen MR) is 65.7 cm³/mol. The molecular formula is C11H10BrClFNO. The van der Waals surface area contributed by atoms with E-state index in [0.29, 0.717) is 13.0 Å². The smallest absolute Gasteiger partial charge is 0.227 e. The Morgan fingerprint density at radius 1 is 1.56 bits per heavy atom. The predicted octanol–water partition coefficient (Wildman–Crippen LogP) is 3.23. The van der Waals surface area contributed by atoms with Crippen molar-refractivity contribution in [2.75, 3.05) is 16.8 Å². The molecule has 86 valence electrons. The van der Waals surface area contributed by atoms with Gasteiger partial charge in [-0.1, -0.05) is 33.6 Å². The summed E-state index contributed by atoms with van der Waals surface area (Å²) in [7, 11) is 0. The van der Waals surface area contributed by atoms with Crippen molar-refractivity contribution in [1.29, 1.82) is 0 Å². The fourth-order valence-electron chi connectivity index (χ4n) is 1.82. The molecule has 1 aromatic carbocycles. The van der Waals surface area contributed by atoms with Crippen LogP contribution in [0.1, 0.15) is 6.42 Å². The van der Waals surface area contributed by atoms with E-state index in [9.17, 15) is 9.18 Å². The van der Waals surface area contributed by atoms with Gasteiger partial charge in [-0.15, -0.1) is 0 Å². The Kier molecular flexibility index (Phi) is 3.50. The second kappa shape index (κ2) is 4.72. The third kappa shape index (κ3) is 2.09. The van der Waals surface area contributed by atoms with Crippen LogP contribution < -0.4 is 4.90 Å². The van der Waals surface area contributed by atoms with Gasteiger partial charge in [-0.3, -0.25) is 4.79 Å². The standard InChI is InChI=1S/C11H10BrClFNO/c12-5-7-4-10(16)15(6-7)9-3-1-2-8(13)11(9)14/h1-3,7H,4-6H2. The van der Waals surface area contributed by atoms with E-state index in [1.165, 1.54) is 11.0 Å². The van der Waals surface area contributed by atoms with Crippen molar-refractivity contribution < 1.29 is 9.18 Å². The monoisotopic (exact) mass is 305 g/mol. The van der Waals surface area contributed by atoms with E-state index < -0.39 is 5.82 Å². The van der Waals surface area contributed by atoms with Gasteiger partial charge in [0.15, 0.2) is 5.82 Å². The Labute approximate surface area is 107 Å². The Balaban J connectivity index is 2.31. The van der Waals surface area contributed by atoms with Crippen LogP contribution in [0, 0.1) is 11.7 Å². The fourth-order valence-corrected chi connectivity index (χ4v) is 2.42. The maximum absolute atomic E-state index is 13.7. The van der Waals surface area contributed by atoms with Crippen LogP contribution in [0.3, 0.4) is 0 Å². The molecule has 0 spiro atoms. The Morgan fingerprint density at radius 2 is 2.31 bits per heavy atom. The van der Waals surface area contributed by atoms with Gasteiger partial charge in [-0.25, -0.2) is 4.39 Å². The van der Waals surface area contributed by atoms with Gasteiger partial charge in [0, 0.05) is 18.3 Å². The SMILES string of the molecule is O=C1CC(CBr)CN1c1cccc(Cl)c1F. The van der Waals surface area contributed by atoms with Gasteiger partial charge in [0.05, 0.1) is 10.7 Å². The highest BCUT2D eigenvalue weighted by atomic mass is 79.9. The number of carbonyl (C=O) groups excluding carboxylic acids is 1. The van der Waals surface area contributed by atoms with Gasteiger partial charge in [-0.2, -0.15) is 0 Å². The van der Waals surface area contributed by atoms with Gasteiger partial charge in [-0.05, 0) is 18.1 Å². The minimum absolute atomic E-state index is 0.0487. The zero-order chi connectivity index (χ0) is 11.7. The highest BCUT2D eigenvalue weighted by molar-refractivity contribution is 9.09. The minimum Gasteiger partial charge on any atom is -0.309 e. The van der Waals surface area contributed by atoms with E-state index in [1.807, 2.05) is 0 Å². The number of alkyl halides is 1. The molecule has 1 aliphatic heterocycles. The molecule has 1 aliphatic rings. The van der Waals surface area contributed by atoms with Crippen LogP contribution >= 0.6 is 27.5 Å². The molecular weight excluding hydrogens is 296 g/mol. The second-order valence-electron chi connectivity index (χ2n) is 3.80. The largest absolute Gasteiger partial charge is 0.309 e. The number of nitrogens with zero attached hydrogens (tertiary/aromatic N) is 1. The normalized spacial score (nSPS) is 20.6. The van der Waals surface area contributed by atoms with Crippen LogP contribution in [-0.2, 0) is 4.79 Å². The lowest BCUT2D eigenvalue weighted by molar-refractivity contribution is -0.117. The number of amides is 1. The van der Waals surface area contributed by atoms with Crippen molar-refractivity contribution in [2.24, 2.45) is 5.92 Å². The highest BCUT2D eigenvalue weighted by Gasteiger charge is 2.31. The van der Waals surface area contributed by atoms with Crippen LogP contribution in [0.25, 0.3) is 0 Å². The van der Waals surface area contributed by atoms with Gasteiger partial charge < -0.3 is 4.90 Å². The van der Waals surface area contributed by atoms with Gasteiger partial charge >= 0.3 is 0 Å². The molecule has 0 aromatic heterocycles. The number of rotatable bonds is 2. The summed E-state index contributed by atoms with van der Waals surface area (Å²) in [5.41, 5.74) is 0.279. The molecule has 1 unspecified atom stereocenters. The number of hydrogen-bond acceptors (Lipinski definition) is 1. The van der Waals surface area contributed by atoms with Gasteiger partial charge in [0.2, 0.25) is 5.91 Å². The average Bonchev–Trinajstić information content (AvgIpc) is 2.64. The van der Waals surface area contributed by atoms with E-state index in [0.717, 1.165) is 5.33 Å². The molecule has 1 amide bonds. The Hall–Kier alpha value is -0.610. The summed E-state index contributed by atoms with van der Waals surface area (Å²) in [6, 6.07) is 4.70. The fraction of sp³-hybridized carbons (Fsp3) is 0.364. The van der Waals surface area contributed by atoms with Crippen LogP contribution in [0.2, 0.25) is 5.02 Å². The first-order chi connectivity index (χ1) is 7.63. The molecule has 0 aliphatic carbocycles. The summed E-state index contributed by atoms with van der Waals surface area (Å²) >= 11 is 9.03. The lowest BCUT2D eigenvalue weighted by Crippen LogP contribution is -2.25. The quantitative estimate of drug-likeness (QED) is 0.768. The summed E-state index contributed by atoms with van der Waals surface area (Å²) in [5.74, 6) is -0.329. The van der Waals surface area contributed by atoms with Crippen molar-refractivity contribution in [2.45, 2.75) is 6.42 Å². The molecule has 0 N–H and O–H groups in total. The molecule has 2 nitrogen and oxygen atoms in total. The molecule has 1 atom stereocenters. The molecule has 1 fully saturated rings. The number of benzene rings is 1. The molecule has 0 radical (unpaired) electrons. The van der Waals surface area contributed by atoms with E-state index in [-0.39, 0.29) is 22.5 Å². The zero-order valence-electron chi connectivity index (χ0n) is 8.42. The van der Waals surface area contributed by atoms with Gasteiger partial charge in [0.1, 0.15) is 0 Å².